The van der Waals surface area contributed by atoms with Crippen LogP contribution < -0.4 is 43.8 Å². The molecule has 3 rings (SSSR count). The number of nitrogens with two attached hydrogens (primary N) is 3. The van der Waals surface area contributed by atoms with Crippen molar-refractivity contribution in [2.75, 3.05) is 6.54 Å². The zero-order chi connectivity index (χ0) is 43.5. The van der Waals surface area contributed by atoms with E-state index in [1.165, 1.54) is 43.7 Å². The van der Waals surface area contributed by atoms with Crippen LogP contribution in [0.1, 0.15) is 49.4 Å². The molecule has 21 nitrogen and oxygen atoms in total. The van der Waals surface area contributed by atoms with Crippen molar-refractivity contribution < 1.29 is 48.9 Å². The molecule has 1 aromatic heterocycles. The Morgan fingerprint density at radius 3 is 1.71 bits per heavy atom. The van der Waals surface area contributed by atoms with E-state index in [1.807, 2.05) is 0 Å². The van der Waals surface area contributed by atoms with Gasteiger partial charge < -0.3 is 64.1 Å². The second-order valence-electron chi connectivity index (χ2n) is 13.7. The molecule has 0 aliphatic heterocycles. The molecule has 0 aliphatic rings. The molecule has 21 heteroatoms. The molecule has 15 N–H and O–H groups in total. The summed E-state index contributed by atoms with van der Waals surface area (Å²) in [6, 6.07) is 6.20. The van der Waals surface area contributed by atoms with Gasteiger partial charge in [-0.2, -0.15) is 0 Å². The van der Waals surface area contributed by atoms with E-state index in [1.54, 1.807) is 30.3 Å². The predicted molar refractivity (Wildman–Crippen MR) is 212 cm³/mol. The molecule has 0 aliphatic carbocycles. The summed E-state index contributed by atoms with van der Waals surface area (Å²) in [4.78, 5) is 102. The van der Waals surface area contributed by atoms with E-state index in [2.05, 4.69) is 41.5 Å². The molecule has 0 saturated carbocycles. The number of rotatable bonds is 24. The smallest absolute Gasteiger partial charge is 0.326 e. The number of carboxylic acid groups (broad SMARTS) is 2. The average molecular weight is 822 g/mol. The third kappa shape index (κ3) is 16.5. The summed E-state index contributed by atoms with van der Waals surface area (Å²) in [6.07, 6.45) is 1.44. The number of aromatic nitrogens is 2. The van der Waals surface area contributed by atoms with Gasteiger partial charge in [-0.15, -0.1) is 0 Å². The van der Waals surface area contributed by atoms with E-state index >= 15 is 0 Å². The van der Waals surface area contributed by atoms with Crippen LogP contribution in [0, 0.1) is 0 Å². The highest BCUT2D eigenvalue weighted by atomic mass is 16.4. The number of aliphatic carboxylic acids is 2. The van der Waals surface area contributed by atoms with Gasteiger partial charge in [-0.3, -0.25) is 33.8 Å². The summed E-state index contributed by atoms with van der Waals surface area (Å²) in [5, 5.41) is 41.7. The molecule has 0 unspecified atom stereocenters. The Kier molecular flexibility index (Phi) is 18.3. The summed E-state index contributed by atoms with van der Waals surface area (Å²) in [7, 11) is 0. The van der Waals surface area contributed by atoms with Gasteiger partial charge in [-0.1, -0.05) is 42.5 Å². The number of phenols is 1. The molecule has 59 heavy (non-hydrogen) atoms. The number of aliphatic imine (C=N–C) groups is 1. The van der Waals surface area contributed by atoms with Crippen molar-refractivity contribution in [3.05, 3.63) is 83.9 Å². The lowest BCUT2D eigenvalue weighted by atomic mass is 10.0. The summed E-state index contributed by atoms with van der Waals surface area (Å²) < 4.78 is 0. The average Bonchev–Trinajstić information content (AvgIpc) is 3.70. The quantitative estimate of drug-likeness (QED) is 0.0262. The number of nitrogens with zero attached hydrogens (tertiary/aromatic N) is 2. The number of benzene rings is 2. The maximum atomic E-state index is 14.1. The van der Waals surface area contributed by atoms with Gasteiger partial charge in [0.2, 0.25) is 29.5 Å². The fourth-order valence-corrected chi connectivity index (χ4v) is 5.65. The standard InChI is InChI=1S/C38H51N11O10/c1-21(39)32(53)47-28(17-23-9-11-25(50)12-10-23)35(56)46-27(13-14-31(51)52)34(55)48-29(16-22-6-3-2-4-7-22)36(57)45-26(8-5-15-43-38(40)41)33(54)49-30(37(58)59)18-24-19-42-20-44-24/h2-4,6-7,9-12,19-21,26-30,50H,5,8,13-18,39H2,1H3,(H,42,44)(H,45,57)(H,46,56)(H,47,53)(H,48,55)(H,49,54)(H,51,52)(H,58,59)(H4,40,41,43)/t21-,26-,27-,28-,29-,30-/m0/s1. The van der Waals surface area contributed by atoms with E-state index < -0.39 is 90.6 Å². The van der Waals surface area contributed by atoms with Crippen LogP contribution in [-0.4, -0.2) is 116 Å². The van der Waals surface area contributed by atoms with E-state index in [0.717, 1.165) is 0 Å². The van der Waals surface area contributed by atoms with Crippen LogP contribution in [0.15, 0.2) is 72.1 Å². The van der Waals surface area contributed by atoms with E-state index in [0.29, 0.717) is 16.8 Å². The van der Waals surface area contributed by atoms with Gasteiger partial charge in [-0.25, -0.2) is 9.78 Å². The lowest BCUT2D eigenvalue weighted by Gasteiger charge is -2.27. The second kappa shape index (κ2) is 23.3. The highest BCUT2D eigenvalue weighted by Gasteiger charge is 2.33. The molecular weight excluding hydrogens is 770 g/mol. The minimum Gasteiger partial charge on any atom is -0.508 e. The first-order chi connectivity index (χ1) is 28.0. The summed E-state index contributed by atoms with van der Waals surface area (Å²) in [5.74, 6) is -7.16. The van der Waals surface area contributed by atoms with Crippen molar-refractivity contribution in [3.63, 3.8) is 0 Å². The van der Waals surface area contributed by atoms with Gasteiger partial charge in [-0.05, 0) is 49.4 Å². The van der Waals surface area contributed by atoms with E-state index in [-0.39, 0.29) is 50.4 Å². The molecular formula is C38H51N11O10. The van der Waals surface area contributed by atoms with E-state index in [9.17, 15) is 48.9 Å². The molecule has 0 fully saturated rings. The second-order valence-corrected chi connectivity index (χ2v) is 13.7. The number of carbonyl (C=O) groups is 7. The topological polar surface area (TPSA) is 359 Å². The first kappa shape index (κ1) is 46.4. The zero-order valence-corrected chi connectivity index (χ0v) is 32.3. The highest BCUT2D eigenvalue weighted by Crippen LogP contribution is 2.13. The Morgan fingerprint density at radius 1 is 0.695 bits per heavy atom. The minimum atomic E-state index is -1.54. The number of carboxylic acids is 2. The largest absolute Gasteiger partial charge is 0.508 e. The molecule has 1 heterocycles. The molecule has 6 atom stereocenters. The summed E-state index contributed by atoms with van der Waals surface area (Å²) in [6.45, 7) is 1.46. The van der Waals surface area contributed by atoms with Crippen molar-refractivity contribution in [3.8, 4) is 5.75 Å². The molecule has 0 saturated heterocycles. The number of nitrogens with one attached hydrogen (secondary N) is 6. The lowest BCUT2D eigenvalue weighted by Crippen LogP contribution is -2.60. The van der Waals surface area contributed by atoms with Crippen molar-refractivity contribution in [2.45, 2.75) is 88.1 Å². The van der Waals surface area contributed by atoms with Gasteiger partial charge in [0, 0.05) is 44.1 Å². The lowest BCUT2D eigenvalue weighted by molar-refractivity contribution is -0.142. The van der Waals surface area contributed by atoms with E-state index in [4.69, 9.17) is 17.2 Å². The minimum absolute atomic E-state index is 0.0403. The van der Waals surface area contributed by atoms with Crippen LogP contribution in [0.3, 0.4) is 0 Å². The number of carbonyl (C=O) groups excluding carboxylic acids is 5. The molecule has 5 amide bonds. The third-order valence-electron chi connectivity index (χ3n) is 8.79. The van der Waals surface area contributed by atoms with Crippen molar-refractivity contribution in [1.29, 1.82) is 0 Å². The normalized spacial score (nSPS) is 13.9. The number of aromatic amines is 1. The Labute approximate surface area is 339 Å². The first-order valence-electron chi connectivity index (χ1n) is 18.6. The van der Waals surface area contributed by atoms with Crippen LogP contribution >= 0.6 is 0 Å². The molecule has 318 valence electrons. The number of hydrogen-bond donors (Lipinski definition) is 12. The van der Waals surface area contributed by atoms with Crippen LogP contribution in [-0.2, 0) is 52.8 Å². The van der Waals surface area contributed by atoms with Crippen molar-refractivity contribution in [2.24, 2.45) is 22.2 Å². The third-order valence-corrected chi connectivity index (χ3v) is 8.79. The fraction of sp³-hybridized carbons (Fsp3) is 0.395. The molecule has 2 aromatic carbocycles. The summed E-state index contributed by atoms with van der Waals surface area (Å²) >= 11 is 0. The highest BCUT2D eigenvalue weighted by molar-refractivity contribution is 5.96. The number of H-pyrrole nitrogens is 1. The Bertz CT molecular complexity index is 1900. The summed E-state index contributed by atoms with van der Waals surface area (Å²) in [5.41, 5.74) is 18.1. The zero-order valence-electron chi connectivity index (χ0n) is 32.3. The maximum Gasteiger partial charge on any atom is 0.326 e. The van der Waals surface area contributed by atoms with Gasteiger partial charge in [0.15, 0.2) is 5.96 Å². The number of imidazole rings is 1. The van der Waals surface area contributed by atoms with Crippen molar-refractivity contribution >= 4 is 47.4 Å². The Morgan fingerprint density at radius 2 is 1.20 bits per heavy atom. The molecule has 3 aromatic rings. The van der Waals surface area contributed by atoms with Gasteiger partial charge in [0.1, 0.15) is 36.0 Å². The predicted octanol–water partition coefficient (Wildman–Crippen LogP) is -2.08. The monoisotopic (exact) mass is 821 g/mol. The molecule has 0 bridgehead atoms. The Balaban J connectivity index is 1.91. The maximum absolute atomic E-state index is 14.1. The fourth-order valence-electron chi connectivity index (χ4n) is 5.65. The number of hydrogen-bond acceptors (Lipinski definition) is 11. The van der Waals surface area contributed by atoms with Crippen LogP contribution in [0.5, 0.6) is 5.75 Å². The number of aromatic hydroxyl groups is 1. The van der Waals surface area contributed by atoms with Gasteiger partial charge in [0.05, 0.1) is 12.4 Å². The molecule has 0 radical (unpaired) electrons. The Hall–Kier alpha value is -7.03. The van der Waals surface area contributed by atoms with Crippen molar-refractivity contribution in [1.82, 2.24) is 36.6 Å². The van der Waals surface area contributed by atoms with Gasteiger partial charge in [0.25, 0.3) is 0 Å². The van der Waals surface area contributed by atoms with Crippen LogP contribution in [0.2, 0.25) is 0 Å². The van der Waals surface area contributed by atoms with Gasteiger partial charge >= 0.3 is 11.9 Å². The molecule has 0 spiro atoms. The van der Waals surface area contributed by atoms with Crippen LogP contribution in [0.25, 0.3) is 0 Å². The number of phenolic OH excluding ortho intramolecular Hbond substituents is 1. The van der Waals surface area contributed by atoms with Crippen LogP contribution in [0.4, 0.5) is 0 Å². The SMILES string of the molecule is C[C@H](N)C(=O)N[C@@H](Cc1ccc(O)cc1)C(=O)N[C@@H](CCC(=O)O)C(=O)N[C@@H](Cc1ccccc1)C(=O)N[C@@H](CCCN=C(N)N)C(=O)N[C@@H](Cc1cnc[nH]1)C(=O)O. The number of amides is 5. The first-order valence-corrected chi connectivity index (χ1v) is 18.6. The number of guanidine groups is 1.